The summed E-state index contributed by atoms with van der Waals surface area (Å²) in [6.07, 6.45) is 4.15. The first-order valence-corrected chi connectivity index (χ1v) is 9.54. The molecule has 2 aromatic rings. The Morgan fingerprint density at radius 2 is 1.65 bits per heavy atom. The van der Waals surface area contributed by atoms with Crippen LogP contribution < -0.4 is 0 Å². The second kappa shape index (κ2) is 7.50. The Bertz CT molecular complexity index is 720. The van der Waals surface area contributed by atoms with E-state index in [0.717, 1.165) is 37.7 Å². The van der Waals surface area contributed by atoms with Crippen molar-refractivity contribution in [2.24, 2.45) is 0 Å². The van der Waals surface area contributed by atoms with Gasteiger partial charge in [-0.1, -0.05) is 49.4 Å². The van der Waals surface area contributed by atoms with E-state index >= 15 is 0 Å². The van der Waals surface area contributed by atoms with Gasteiger partial charge in [-0.05, 0) is 69.5 Å². The number of aliphatic hydroxyl groups is 1. The minimum absolute atomic E-state index is 0.0313. The topological polar surface area (TPSA) is 23.5 Å². The summed E-state index contributed by atoms with van der Waals surface area (Å²) in [7, 11) is 4.20. The van der Waals surface area contributed by atoms with Crippen LogP contribution in [0.2, 0.25) is 0 Å². The van der Waals surface area contributed by atoms with Gasteiger partial charge in [-0.25, -0.2) is 4.39 Å². The summed E-state index contributed by atoms with van der Waals surface area (Å²) in [4.78, 5) is 2.27. The fourth-order valence-corrected chi connectivity index (χ4v) is 4.44. The highest BCUT2D eigenvalue weighted by Gasteiger charge is 2.45. The van der Waals surface area contributed by atoms with E-state index in [1.165, 1.54) is 11.6 Å². The Labute approximate surface area is 156 Å². The Balaban J connectivity index is 1.77. The summed E-state index contributed by atoms with van der Waals surface area (Å²) in [6, 6.07) is 17.2. The van der Waals surface area contributed by atoms with E-state index in [2.05, 4.69) is 38.1 Å². The molecule has 0 aliphatic heterocycles. The third-order valence-electron chi connectivity index (χ3n) is 6.52. The van der Waals surface area contributed by atoms with Gasteiger partial charge in [-0.15, -0.1) is 0 Å². The maximum absolute atomic E-state index is 13.6. The van der Waals surface area contributed by atoms with Crippen LogP contribution in [0, 0.1) is 5.82 Å². The van der Waals surface area contributed by atoms with E-state index in [1.807, 2.05) is 24.3 Å². The smallest absolute Gasteiger partial charge is 0.123 e. The second-order valence-corrected chi connectivity index (χ2v) is 8.16. The van der Waals surface area contributed by atoms with Crippen LogP contribution in [-0.4, -0.2) is 35.2 Å². The number of likely N-dealkylation sites (N-methyl/N-ethyl adjacent to an activating group) is 1. The van der Waals surface area contributed by atoms with E-state index < -0.39 is 5.60 Å². The summed E-state index contributed by atoms with van der Waals surface area (Å²) in [5, 5.41) is 11.3. The van der Waals surface area contributed by atoms with Crippen molar-refractivity contribution in [1.29, 1.82) is 0 Å². The Hall–Kier alpha value is -1.71. The van der Waals surface area contributed by atoms with Crippen molar-refractivity contribution >= 4 is 0 Å². The SMILES string of the molecule is CC(c1ccccc1)C1(O)CCC(Cc2cccc(F)c2)(N(C)C)CC1. The zero-order valence-corrected chi connectivity index (χ0v) is 16.1. The molecule has 2 aromatic carbocycles. The van der Waals surface area contributed by atoms with Gasteiger partial charge < -0.3 is 10.0 Å². The quantitative estimate of drug-likeness (QED) is 0.834. The highest BCUT2D eigenvalue weighted by Crippen LogP contribution is 2.45. The van der Waals surface area contributed by atoms with Crippen LogP contribution in [0.25, 0.3) is 0 Å². The first-order chi connectivity index (χ1) is 12.3. The van der Waals surface area contributed by atoms with E-state index in [-0.39, 0.29) is 17.3 Å². The van der Waals surface area contributed by atoms with Gasteiger partial charge in [0.15, 0.2) is 0 Å². The summed E-state index contributed by atoms with van der Waals surface area (Å²) in [6.45, 7) is 2.13. The second-order valence-electron chi connectivity index (χ2n) is 8.16. The van der Waals surface area contributed by atoms with Crippen molar-refractivity contribution in [2.45, 2.75) is 56.1 Å². The van der Waals surface area contributed by atoms with Crippen molar-refractivity contribution in [2.75, 3.05) is 14.1 Å². The fourth-order valence-electron chi connectivity index (χ4n) is 4.44. The lowest BCUT2D eigenvalue weighted by Crippen LogP contribution is -2.53. The molecule has 0 radical (unpaired) electrons. The van der Waals surface area contributed by atoms with Crippen LogP contribution in [-0.2, 0) is 6.42 Å². The number of rotatable bonds is 5. The molecule has 1 aliphatic carbocycles. The lowest BCUT2D eigenvalue weighted by molar-refractivity contribution is -0.0587. The fraction of sp³-hybridized carbons (Fsp3) is 0.478. The molecule has 1 fully saturated rings. The van der Waals surface area contributed by atoms with Gasteiger partial charge in [-0.2, -0.15) is 0 Å². The summed E-state index contributed by atoms with van der Waals surface area (Å²) < 4.78 is 13.6. The Kier molecular flexibility index (Phi) is 5.50. The highest BCUT2D eigenvalue weighted by atomic mass is 19.1. The van der Waals surface area contributed by atoms with Crippen LogP contribution in [0.15, 0.2) is 54.6 Å². The van der Waals surface area contributed by atoms with E-state index in [1.54, 1.807) is 12.1 Å². The van der Waals surface area contributed by atoms with Crippen LogP contribution in [0.5, 0.6) is 0 Å². The van der Waals surface area contributed by atoms with Gasteiger partial charge in [0.1, 0.15) is 5.82 Å². The van der Waals surface area contributed by atoms with Gasteiger partial charge in [0.25, 0.3) is 0 Å². The van der Waals surface area contributed by atoms with E-state index in [0.29, 0.717) is 0 Å². The van der Waals surface area contributed by atoms with Crippen molar-refractivity contribution in [3.8, 4) is 0 Å². The summed E-state index contributed by atoms with van der Waals surface area (Å²) in [5.74, 6) is -0.0700. The molecule has 0 aromatic heterocycles. The molecule has 26 heavy (non-hydrogen) atoms. The first-order valence-electron chi connectivity index (χ1n) is 9.54. The van der Waals surface area contributed by atoms with Gasteiger partial charge in [-0.3, -0.25) is 0 Å². The summed E-state index contributed by atoms with van der Waals surface area (Å²) >= 11 is 0. The molecule has 0 heterocycles. The Morgan fingerprint density at radius 3 is 2.23 bits per heavy atom. The molecule has 1 unspecified atom stereocenters. The number of hydrogen-bond acceptors (Lipinski definition) is 2. The van der Waals surface area contributed by atoms with Gasteiger partial charge in [0, 0.05) is 11.5 Å². The van der Waals surface area contributed by atoms with Crippen LogP contribution >= 0.6 is 0 Å². The number of hydrogen-bond donors (Lipinski definition) is 1. The van der Waals surface area contributed by atoms with E-state index in [9.17, 15) is 9.50 Å². The normalized spacial score (nSPS) is 27.5. The molecular formula is C23H30FNO. The largest absolute Gasteiger partial charge is 0.389 e. The lowest BCUT2D eigenvalue weighted by atomic mass is 9.66. The first kappa shape index (κ1) is 19.1. The van der Waals surface area contributed by atoms with Gasteiger partial charge >= 0.3 is 0 Å². The molecule has 3 rings (SSSR count). The minimum Gasteiger partial charge on any atom is -0.389 e. The van der Waals surface area contributed by atoms with Gasteiger partial charge in [0.05, 0.1) is 5.60 Å². The van der Waals surface area contributed by atoms with Gasteiger partial charge in [0.2, 0.25) is 0 Å². The summed E-state index contributed by atoms with van der Waals surface area (Å²) in [5.41, 5.74) is 1.51. The predicted molar refractivity (Wildman–Crippen MR) is 105 cm³/mol. The lowest BCUT2D eigenvalue weighted by Gasteiger charge is -2.50. The molecular weight excluding hydrogens is 325 g/mol. The third kappa shape index (κ3) is 3.84. The average molecular weight is 355 g/mol. The van der Waals surface area contributed by atoms with Crippen molar-refractivity contribution in [1.82, 2.24) is 4.90 Å². The van der Waals surface area contributed by atoms with Crippen LogP contribution in [0.1, 0.15) is 49.7 Å². The molecule has 2 nitrogen and oxygen atoms in total. The molecule has 0 bridgehead atoms. The number of nitrogens with zero attached hydrogens (tertiary/aromatic N) is 1. The highest BCUT2D eigenvalue weighted by molar-refractivity contribution is 5.24. The third-order valence-corrected chi connectivity index (χ3v) is 6.52. The standard InChI is InChI=1S/C23H30FNO/c1-18(20-9-5-4-6-10-20)23(26)14-12-22(13-15-23,25(2)3)17-19-8-7-11-21(24)16-19/h4-11,16,18,26H,12-15,17H2,1-3H3. The predicted octanol–water partition coefficient (Wildman–Crippen LogP) is 4.78. The van der Waals surface area contributed by atoms with Crippen LogP contribution in [0.4, 0.5) is 4.39 Å². The maximum Gasteiger partial charge on any atom is 0.123 e. The zero-order valence-electron chi connectivity index (χ0n) is 16.1. The molecule has 0 spiro atoms. The minimum atomic E-state index is -0.678. The van der Waals surface area contributed by atoms with Crippen LogP contribution in [0.3, 0.4) is 0 Å². The Morgan fingerprint density at radius 1 is 1.00 bits per heavy atom. The number of benzene rings is 2. The monoisotopic (exact) mass is 355 g/mol. The molecule has 1 N–H and O–H groups in total. The molecule has 0 saturated heterocycles. The van der Waals surface area contributed by atoms with Crippen molar-refractivity contribution < 1.29 is 9.50 Å². The molecule has 0 amide bonds. The molecule has 1 atom stereocenters. The maximum atomic E-state index is 13.6. The number of halogens is 1. The molecule has 1 saturated carbocycles. The average Bonchev–Trinajstić information content (AvgIpc) is 2.64. The van der Waals surface area contributed by atoms with E-state index in [4.69, 9.17) is 0 Å². The van der Waals surface area contributed by atoms with Crippen molar-refractivity contribution in [3.63, 3.8) is 0 Å². The molecule has 1 aliphatic rings. The van der Waals surface area contributed by atoms with Crippen molar-refractivity contribution in [3.05, 3.63) is 71.5 Å². The zero-order chi connectivity index (χ0) is 18.8. The molecule has 3 heteroatoms. The molecule has 140 valence electrons.